The fourth-order valence-corrected chi connectivity index (χ4v) is 7.92. The van der Waals surface area contributed by atoms with E-state index in [0.717, 1.165) is 66.8 Å². The van der Waals surface area contributed by atoms with Crippen LogP contribution in [0.5, 0.6) is 0 Å². The second-order valence-electron chi connectivity index (χ2n) is 14.5. The van der Waals surface area contributed by atoms with Gasteiger partial charge in [-0.25, -0.2) is 15.0 Å². The summed E-state index contributed by atoms with van der Waals surface area (Å²) in [5.41, 5.74) is 9.89. The molecule has 5 heteroatoms. The van der Waals surface area contributed by atoms with Crippen molar-refractivity contribution in [2.24, 2.45) is 0 Å². The molecule has 0 atom stereocenters. The van der Waals surface area contributed by atoms with Crippen LogP contribution in [0.15, 0.2) is 211 Å². The molecule has 0 saturated heterocycles. The number of fused-ring (bicyclic) bond motifs is 5. The molecule has 11 rings (SSSR count). The largest absolute Gasteiger partial charge is 0.456 e. The summed E-state index contributed by atoms with van der Waals surface area (Å²) in [7, 11) is 0. The predicted octanol–water partition coefficient (Wildman–Crippen LogP) is 14.2. The maximum Gasteiger partial charge on any atom is 0.164 e. The lowest BCUT2D eigenvalue weighted by molar-refractivity contribution is 0.669. The van der Waals surface area contributed by atoms with E-state index in [1.807, 2.05) is 66.7 Å². The van der Waals surface area contributed by atoms with Crippen LogP contribution in [-0.2, 0) is 0 Å². The van der Waals surface area contributed by atoms with Gasteiger partial charge in [0.2, 0.25) is 0 Å². The van der Waals surface area contributed by atoms with Crippen LogP contribution in [0.25, 0.3) is 88.8 Å². The second-order valence-corrected chi connectivity index (χ2v) is 14.5. The van der Waals surface area contributed by atoms with Gasteiger partial charge in [-0.3, -0.25) is 0 Å². The zero-order chi connectivity index (χ0) is 38.4. The molecule has 0 amide bonds. The molecule has 272 valence electrons. The Bertz CT molecular complexity index is 3150. The molecule has 0 bridgehead atoms. The van der Waals surface area contributed by atoms with E-state index in [-0.39, 0.29) is 0 Å². The summed E-state index contributed by atoms with van der Waals surface area (Å²) in [6.07, 6.45) is 0. The zero-order valence-corrected chi connectivity index (χ0v) is 31.3. The lowest BCUT2D eigenvalue weighted by Gasteiger charge is -2.26. The number of nitrogens with zero attached hydrogens (tertiary/aromatic N) is 4. The van der Waals surface area contributed by atoms with E-state index in [0.29, 0.717) is 17.5 Å². The predicted molar refractivity (Wildman–Crippen MR) is 239 cm³/mol. The second kappa shape index (κ2) is 14.0. The first-order valence-electron chi connectivity index (χ1n) is 19.4. The number of benzene rings is 9. The topological polar surface area (TPSA) is 55.1 Å². The monoisotopic (exact) mass is 742 g/mol. The molecule has 11 aromatic rings. The minimum absolute atomic E-state index is 0.595. The van der Waals surface area contributed by atoms with Crippen molar-refractivity contribution >= 4 is 60.5 Å². The SMILES string of the molecule is c1ccc(-c2nc(-c3ccccc3)nc(-c3ccc4c(c3)oc3ccc(-c5ccc(N(c6ccc7ccccc7c6)c6ccc7ccccc7c6)cc5)cc34)n2)cc1. The number of aromatic nitrogens is 3. The highest BCUT2D eigenvalue weighted by atomic mass is 16.3. The van der Waals surface area contributed by atoms with E-state index in [4.69, 9.17) is 19.4 Å². The van der Waals surface area contributed by atoms with Gasteiger partial charge in [-0.2, -0.15) is 0 Å². The first-order valence-corrected chi connectivity index (χ1v) is 19.4. The van der Waals surface area contributed by atoms with Crippen molar-refractivity contribution in [2.45, 2.75) is 0 Å². The third-order valence-electron chi connectivity index (χ3n) is 10.9. The van der Waals surface area contributed by atoms with E-state index in [1.54, 1.807) is 0 Å². The van der Waals surface area contributed by atoms with Gasteiger partial charge in [0.05, 0.1) is 0 Å². The third-order valence-corrected chi connectivity index (χ3v) is 10.9. The van der Waals surface area contributed by atoms with E-state index >= 15 is 0 Å². The molecular weight excluding hydrogens is 709 g/mol. The van der Waals surface area contributed by atoms with Crippen LogP contribution in [0, 0.1) is 0 Å². The van der Waals surface area contributed by atoms with E-state index < -0.39 is 0 Å². The molecular formula is C53H34N4O. The van der Waals surface area contributed by atoms with Crippen molar-refractivity contribution < 1.29 is 4.42 Å². The Morgan fingerprint density at radius 3 is 1.36 bits per heavy atom. The summed E-state index contributed by atoms with van der Waals surface area (Å²) in [6.45, 7) is 0. The normalized spacial score (nSPS) is 11.4. The minimum atomic E-state index is 0.595. The molecule has 9 aromatic carbocycles. The van der Waals surface area contributed by atoms with Crippen LogP contribution in [-0.4, -0.2) is 15.0 Å². The number of hydrogen-bond acceptors (Lipinski definition) is 5. The number of furan rings is 1. The molecule has 0 aliphatic rings. The molecule has 0 N–H and O–H groups in total. The Morgan fingerprint density at radius 2 is 0.776 bits per heavy atom. The van der Waals surface area contributed by atoms with Crippen LogP contribution in [0.2, 0.25) is 0 Å². The highest BCUT2D eigenvalue weighted by Gasteiger charge is 2.17. The number of hydrogen-bond donors (Lipinski definition) is 0. The molecule has 0 aliphatic carbocycles. The first-order chi connectivity index (χ1) is 28.7. The Morgan fingerprint density at radius 1 is 0.293 bits per heavy atom. The Hall–Kier alpha value is -7.89. The zero-order valence-electron chi connectivity index (χ0n) is 31.3. The molecule has 2 aromatic heterocycles. The van der Waals surface area contributed by atoms with Crippen LogP contribution < -0.4 is 4.90 Å². The molecule has 0 spiro atoms. The number of rotatable bonds is 7. The van der Waals surface area contributed by atoms with Gasteiger partial charge in [-0.05, 0) is 93.3 Å². The van der Waals surface area contributed by atoms with E-state index in [2.05, 4.69) is 144 Å². The quantitative estimate of drug-likeness (QED) is 0.163. The summed E-state index contributed by atoms with van der Waals surface area (Å²) < 4.78 is 6.47. The lowest BCUT2D eigenvalue weighted by atomic mass is 10.0. The smallest absolute Gasteiger partial charge is 0.164 e. The molecule has 0 radical (unpaired) electrons. The third kappa shape index (κ3) is 6.12. The van der Waals surface area contributed by atoms with Crippen molar-refractivity contribution in [1.82, 2.24) is 15.0 Å². The summed E-state index contributed by atoms with van der Waals surface area (Å²) in [5, 5.41) is 6.95. The fraction of sp³-hybridized carbons (Fsp3) is 0. The number of anilines is 3. The van der Waals surface area contributed by atoms with Gasteiger partial charge in [0.25, 0.3) is 0 Å². The fourth-order valence-electron chi connectivity index (χ4n) is 7.92. The van der Waals surface area contributed by atoms with Crippen molar-refractivity contribution in [3.63, 3.8) is 0 Å². The highest BCUT2D eigenvalue weighted by molar-refractivity contribution is 6.07. The maximum absolute atomic E-state index is 6.47. The van der Waals surface area contributed by atoms with Gasteiger partial charge in [0.15, 0.2) is 17.5 Å². The molecule has 0 saturated carbocycles. The van der Waals surface area contributed by atoms with E-state index in [9.17, 15) is 0 Å². The average molecular weight is 743 g/mol. The molecule has 58 heavy (non-hydrogen) atoms. The lowest BCUT2D eigenvalue weighted by Crippen LogP contribution is -2.09. The highest BCUT2D eigenvalue weighted by Crippen LogP contribution is 2.40. The van der Waals surface area contributed by atoms with Gasteiger partial charge < -0.3 is 9.32 Å². The first kappa shape index (κ1) is 33.4. The van der Waals surface area contributed by atoms with Gasteiger partial charge >= 0.3 is 0 Å². The van der Waals surface area contributed by atoms with Crippen molar-refractivity contribution in [3.8, 4) is 45.3 Å². The molecule has 0 unspecified atom stereocenters. The molecule has 0 fully saturated rings. The Labute approximate surface area is 335 Å². The molecule has 5 nitrogen and oxygen atoms in total. The molecule has 0 aliphatic heterocycles. The van der Waals surface area contributed by atoms with Gasteiger partial charge in [0.1, 0.15) is 11.2 Å². The van der Waals surface area contributed by atoms with Gasteiger partial charge in [-0.1, -0.05) is 146 Å². The van der Waals surface area contributed by atoms with Crippen molar-refractivity contribution in [2.75, 3.05) is 4.90 Å². The summed E-state index contributed by atoms with van der Waals surface area (Å²) in [4.78, 5) is 17.1. The van der Waals surface area contributed by atoms with E-state index in [1.165, 1.54) is 21.5 Å². The van der Waals surface area contributed by atoms with Gasteiger partial charge in [0, 0.05) is 44.5 Å². The Balaban J connectivity index is 0.955. The van der Waals surface area contributed by atoms with Crippen LogP contribution in [0.4, 0.5) is 17.1 Å². The minimum Gasteiger partial charge on any atom is -0.456 e. The summed E-state index contributed by atoms with van der Waals surface area (Å²) in [5.74, 6) is 1.85. The summed E-state index contributed by atoms with van der Waals surface area (Å²) in [6, 6.07) is 72.0. The van der Waals surface area contributed by atoms with Crippen LogP contribution in [0.1, 0.15) is 0 Å². The van der Waals surface area contributed by atoms with Crippen LogP contribution >= 0.6 is 0 Å². The van der Waals surface area contributed by atoms with Crippen LogP contribution in [0.3, 0.4) is 0 Å². The molecule has 2 heterocycles. The average Bonchev–Trinajstić information content (AvgIpc) is 3.67. The summed E-state index contributed by atoms with van der Waals surface area (Å²) >= 11 is 0. The Kier molecular flexibility index (Phi) is 8.07. The standard InChI is InChI=1S/C53H34N4O/c1-3-13-38(14-4-1)51-54-52(39-15-5-2-6-16-39)56-53(55-51)43-23-29-47-48-33-42(24-30-49(48)58-50(47)34-43)37-19-25-44(26-20-37)57(45-27-21-35-11-7-9-17-40(35)31-45)46-28-22-36-12-8-10-18-41(36)32-46/h1-34H. The van der Waals surface area contributed by atoms with Crippen molar-refractivity contribution in [3.05, 3.63) is 206 Å². The van der Waals surface area contributed by atoms with Gasteiger partial charge in [-0.15, -0.1) is 0 Å². The maximum atomic E-state index is 6.47. The van der Waals surface area contributed by atoms with Crippen molar-refractivity contribution in [1.29, 1.82) is 0 Å².